The molecule has 0 bridgehead atoms. The molecule has 0 aromatic heterocycles. The molecule has 0 aliphatic carbocycles. The third-order valence-corrected chi connectivity index (χ3v) is 6.24. The van der Waals surface area contributed by atoms with E-state index in [-0.39, 0.29) is 24.0 Å². The number of esters is 1. The van der Waals surface area contributed by atoms with Crippen molar-refractivity contribution >= 4 is 23.6 Å². The second kappa shape index (κ2) is 11.3. The number of nitrogens with one attached hydrogen (secondary N) is 2. The largest absolute Gasteiger partial charge is 0.461 e. The first-order valence-electron chi connectivity index (χ1n) is 10.4. The molecule has 2 heterocycles. The van der Waals surface area contributed by atoms with Crippen molar-refractivity contribution in [3.8, 4) is 0 Å². The van der Waals surface area contributed by atoms with E-state index in [0.717, 1.165) is 38.2 Å². The molecule has 2 fully saturated rings. The maximum atomic E-state index is 13.2. The fraction of sp³-hybridized carbons (Fsp3) is 0.900. The van der Waals surface area contributed by atoms with Crippen molar-refractivity contribution in [3.05, 3.63) is 0 Å². The zero-order chi connectivity index (χ0) is 19.8. The van der Waals surface area contributed by atoms with Crippen molar-refractivity contribution in [3.63, 3.8) is 0 Å². The number of carbonyl (C=O) groups excluding carboxylic acids is 2. The highest BCUT2D eigenvalue weighted by Gasteiger charge is 2.40. The number of likely N-dealkylation sites (tertiary alicyclic amines) is 1. The van der Waals surface area contributed by atoms with Crippen LogP contribution in [0.25, 0.3) is 0 Å². The normalized spacial score (nSPS) is 27.1. The first-order chi connectivity index (χ1) is 13.0. The average Bonchev–Trinajstić information content (AvgIpc) is 3.27. The van der Waals surface area contributed by atoms with Gasteiger partial charge in [0.25, 0.3) is 0 Å². The van der Waals surface area contributed by atoms with Crippen LogP contribution in [0.15, 0.2) is 0 Å². The van der Waals surface area contributed by atoms with E-state index in [0.29, 0.717) is 18.4 Å². The number of thioether (sulfide) groups is 1. The van der Waals surface area contributed by atoms with Gasteiger partial charge in [0.15, 0.2) is 0 Å². The highest BCUT2D eigenvalue weighted by Crippen LogP contribution is 2.28. The van der Waals surface area contributed by atoms with Crippen LogP contribution < -0.4 is 10.6 Å². The Kier molecular flexibility index (Phi) is 9.39. The molecule has 6 nitrogen and oxygen atoms in total. The molecular formula is C20H37N3O3S. The van der Waals surface area contributed by atoms with Crippen molar-refractivity contribution in [1.29, 1.82) is 0 Å². The third-order valence-electron chi connectivity index (χ3n) is 5.60. The highest BCUT2D eigenvalue weighted by molar-refractivity contribution is 7.98. The number of hydrogen-bond donors (Lipinski definition) is 2. The van der Waals surface area contributed by atoms with E-state index in [1.807, 2.05) is 20.1 Å². The summed E-state index contributed by atoms with van der Waals surface area (Å²) in [7, 11) is 0. The van der Waals surface area contributed by atoms with Crippen molar-refractivity contribution in [2.45, 2.75) is 77.1 Å². The standard InChI is InChI=1S/C20H37N3O3S/c1-5-15-8-11-23(13-16-7-6-10-21-16)18(15)19(24)22-17(9-12-27-4)20(25)26-14(2)3/h14-18,21H,5-13H2,1-4H3,(H,22,24)/t15-,16-,17-,18-/m0/s1. The van der Waals surface area contributed by atoms with E-state index < -0.39 is 6.04 Å². The topological polar surface area (TPSA) is 70.7 Å². The predicted octanol–water partition coefficient (Wildman–Crippen LogP) is 2.03. The number of amides is 1. The maximum Gasteiger partial charge on any atom is 0.328 e. The van der Waals surface area contributed by atoms with Crippen molar-refractivity contribution < 1.29 is 14.3 Å². The maximum absolute atomic E-state index is 13.2. The lowest BCUT2D eigenvalue weighted by atomic mass is 9.96. The van der Waals surface area contributed by atoms with E-state index in [9.17, 15) is 9.59 Å². The minimum absolute atomic E-state index is 0.0100. The van der Waals surface area contributed by atoms with Crippen molar-refractivity contribution in [2.24, 2.45) is 5.92 Å². The zero-order valence-electron chi connectivity index (χ0n) is 17.3. The monoisotopic (exact) mass is 399 g/mol. The number of rotatable bonds is 10. The second-order valence-corrected chi connectivity index (χ2v) is 9.00. The van der Waals surface area contributed by atoms with Crippen LogP contribution in [-0.4, -0.2) is 72.6 Å². The van der Waals surface area contributed by atoms with Gasteiger partial charge in [0, 0.05) is 12.6 Å². The third kappa shape index (κ3) is 6.64. The van der Waals surface area contributed by atoms with Gasteiger partial charge < -0.3 is 15.4 Å². The predicted molar refractivity (Wildman–Crippen MR) is 111 cm³/mol. The van der Waals surface area contributed by atoms with Gasteiger partial charge in [0.05, 0.1) is 12.1 Å². The molecule has 7 heteroatoms. The molecule has 2 aliphatic heterocycles. The van der Waals surface area contributed by atoms with Crippen LogP contribution in [0.5, 0.6) is 0 Å². The van der Waals surface area contributed by atoms with Gasteiger partial charge in [-0.1, -0.05) is 13.3 Å². The molecule has 0 saturated carbocycles. The molecule has 0 unspecified atom stereocenters. The molecule has 0 spiro atoms. The van der Waals surface area contributed by atoms with Crippen LogP contribution >= 0.6 is 11.8 Å². The molecule has 0 aromatic rings. The first-order valence-corrected chi connectivity index (χ1v) is 11.8. The van der Waals surface area contributed by atoms with Crippen LogP contribution in [0.4, 0.5) is 0 Å². The molecule has 156 valence electrons. The zero-order valence-corrected chi connectivity index (χ0v) is 18.1. The van der Waals surface area contributed by atoms with Gasteiger partial charge in [-0.05, 0) is 70.5 Å². The van der Waals surface area contributed by atoms with Gasteiger partial charge in [-0.25, -0.2) is 4.79 Å². The number of ether oxygens (including phenoxy) is 1. The van der Waals surface area contributed by atoms with Crippen LogP contribution in [0, 0.1) is 5.92 Å². The molecule has 4 atom stereocenters. The van der Waals surface area contributed by atoms with E-state index in [2.05, 4.69) is 22.5 Å². The number of hydrogen-bond acceptors (Lipinski definition) is 6. The Balaban J connectivity index is 2.03. The van der Waals surface area contributed by atoms with Crippen LogP contribution in [0.3, 0.4) is 0 Å². The fourth-order valence-electron chi connectivity index (χ4n) is 4.19. The summed E-state index contributed by atoms with van der Waals surface area (Å²) in [5, 5.41) is 6.56. The Labute approximate surface area is 168 Å². The summed E-state index contributed by atoms with van der Waals surface area (Å²) < 4.78 is 5.37. The summed E-state index contributed by atoms with van der Waals surface area (Å²) in [5.41, 5.74) is 0. The SMILES string of the molecule is CC[C@H]1CCN(C[C@@H]2CCCN2)[C@@H]1C(=O)N[C@@H](CCSC)C(=O)OC(C)C. The summed E-state index contributed by atoms with van der Waals surface area (Å²) in [6, 6.07) is -0.216. The Bertz CT molecular complexity index is 483. The van der Waals surface area contributed by atoms with E-state index in [1.165, 1.54) is 12.8 Å². The van der Waals surface area contributed by atoms with E-state index >= 15 is 0 Å². The quantitative estimate of drug-likeness (QED) is 0.548. The molecule has 2 aliphatic rings. The summed E-state index contributed by atoms with van der Waals surface area (Å²) in [6.07, 6.45) is 6.86. The number of carbonyl (C=O) groups is 2. The molecule has 2 saturated heterocycles. The molecule has 0 aromatic carbocycles. The molecule has 2 rings (SSSR count). The van der Waals surface area contributed by atoms with Gasteiger partial charge in [-0.3, -0.25) is 9.69 Å². The lowest BCUT2D eigenvalue weighted by Gasteiger charge is -2.30. The Morgan fingerprint density at radius 3 is 2.70 bits per heavy atom. The van der Waals surface area contributed by atoms with E-state index in [4.69, 9.17) is 4.74 Å². The van der Waals surface area contributed by atoms with Gasteiger partial charge in [-0.2, -0.15) is 11.8 Å². The van der Waals surface area contributed by atoms with Crippen molar-refractivity contribution in [1.82, 2.24) is 15.5 Å². The van der Waals surface area contributed by atoms with Crippen LogP contribution in [-0.2, 0) is 14.3 Å². The molecular weight excluding hydrogens is 362 g/mol. The van der Waals surface area contributed by atoms with E-state index in [1.54, 1.807) is 11.8 Å². The number of nitrogens with zero attached hydrogens (tertiary/aromatic N) is 1. The lowest BCUT2D eigenvalue weighted by molar-refractivity contribution is -0.152. The Morgan fingerprint density at radius 1 is 1.33 bits per heavy atom. The summed E-state index contributed by atoms with van der Waals surface area (Å²) in [6.45, 7) is 8.78. The summed E-state index contributed by atoms with van der Waals surface area (Å²) in [5.74, 6) is 0.843. The van der Waals surface area contributed by atoms with Gasteiger partial charge in [0.1, 0.15) is 6.04 Å². The molecule has 27 heavy (non-hydrogen) atoms. The highest BCUT2D eigenvalue weighted by atomic mass is 32.2. The molecule has 1 amide bonds. The lowest BCUT2D eigenvalue weighted by Crippen LogP contribution is -2.53. The second-order valence-electron chi connectivity index (χ2n) is 8.02. The summed E-state index contributed by atoms with van der Waals surface area (Å²) >= 11 is 1.67. The smallest absolute Gasteiger partial charge is 0.328 e. The molecule has 2 N–H and O–H groups in total. The van der Waals surface area contributed by atoms with Crippen LogP contribution in [0.1, 0.15) is 52.9 Å². The minimum atomic E-state index is -0.558. The first kappa shape index (κ1) is 22.5. The van der Waals surface area contributed by atoms with Gasteiger partial charge in [-0.15, -0.1) is 0 Å². The van der Waals surface area contributed by atoms with Crippen LogP contribution in [0.2, 0.25) is 0 Å². The Morgan fingerprint density at radius 2 is 2.11 bits per heavy atom. The Hall–Kier alpha value is -0.790. The molecule has 0 radical (unpaired) electrons. The van der Waals surface area contributed by atoms with Gasteiger partial charge >= 0.3 is 5.97 Å². The summed E-state index contributed by atoms with van der Waals surface area (Å²) in [4.78, 5) is 28.0. The minimum Gasteiger partial charge on any atom is -0.461 e. The van der Waals surface area contributed by atoms with Crippen molar-refractivity contribution in [2.75, 3.05) is 31.6 Å². The van der Waals surface area contributed by atoms with Gasteiger partial charge in [0.2, 0.25) is 5.91 Å². The fourth-order valence-corrected chi connectivity index (χ4v) is 4.66. The average molecular weight is 400 g/mol.